The van der Waals surface area contributed by atoms with Gasteiger partial charge in [-0.1, -0.05) is 91.0 Å². The number of carbonyl (C=O) groups is 3. The number of imide groups is 1. The molecule has 2 fully saturated rings. The molecule has 3 aromatic rings. The van der Waals surface area contributed by atoms with Gasteiger partial charge in [-0.2, -0.15) is 0 Å². The van der Waals surface area contributed by atoms with E-state index >= 15 is 0 Å². The van der Waals surface area contributed by atoms with E-state index in [1.807, 2.05) is 104 Å². The molecule has 3 aliphatic rings. The summed E-state index contributed by atoms with van der Waals surface area (Å²) in [5.74, 6) is -2.03. The molecule has 0 unspecified atom stereocenters. The van der Waals surface area contributed by atoms with E-state index in [0.29, 0.717) is 6.54 Å². The zero-order valence-electron chi connectivity index (χ0n) is 20.0. The number of hydrogen-bond acceptors (Lipinski definition) is 4. The van der Waals surface area contributed by atoms with Crippen LogP contribution in [0.3, 0.4) is 0 Å². The van der Waals surface area contributed by atoms with E-state index in [1.165, 1.54) is 4.90 Å². The molecule has 36 heavy (non-hydrogen) atoms. The van der Waals surface area contributed by atoms with Crippen LogP contribution in [0.5, 0.6) is 0 Å². The predicted molar refractivity (Wildman–Crippen MR) is 138 cm³/mol. The molecule has 4 atom stereocenters. The van der Waals surface area contributed by atoms with Gasteiger partial charge in [0.25, 0.3) is 5.91 Å². The molecule has 0 aliphatic carbocycles. The first-order valence-electron chi connectivity index (χ1n) is 12.3. The Morgan fingerprint density at radius 2 is 1.50 bits per heavy atom. The molecular weight excluding hydrogens is 450 g/mol. The number of para-hydroxylation sites is 1. The normalized spacial score (nSPS) is 26.9. The number of hydrogen-bond donors (Lipinski definition) is 1. The molecule has 0 aromatic heterocycles. The maximum atomic E-state index is 14.2. The third kappa shape index (κ3) is 3.25. The number of benzene rings is 3. The number of rotatable bonds is 5. The van der Waals surface area contributed by atoms with Crippen molar-refractivity contribution in [3.05, 3.63) is 108 Å². The second-order valence-corrected chi connectivity index (χ2v) is 9.74. The first-order chi connectivity index (χ1) is 17.5. The Labute approximate surface area is 210 Å². The Balaban J connectivity index is 1.36. The number of carbonyl (C=O) groups excluding carboxylic acids is 3. The Morgan fingerprint density at radius 3 is 2.25 bits per heavy atom. The summed E-state index contributed by atoms with van der Waals surface area (Å²) in [4.78, 5) is 44.6. The van der Waals surface area contributed by atoms with Gasteiger partial charge in [0, 0.05) is 23.8 Å². The summed E-state index contributed by atoms with van der Waals surface area (Å²) >= 11 is 0. The van der Waals surface area contributed by atoms with Gasteiger partial charge in [-0.05, 0) is 24.1 Å². The third-order valence-electron chi connectivity index (χ3n) is 7.69. The van der Waals surface area contributed by atoms with Crippen LogP contribution < -0.4 is 10.2 Å². The van der Waals surface area contributed by atoms with Crippen molar-refractivity contribution < 1.29 is 14.4 Å². The number of nitrogens with zero attached hydrogens (tertiary/aromatic N) is 2. The minimum absolute atomic E-state index is 0.177. The van der Waals surface area contributed by atoms with E-state index in [-0.39, 0.29) is 30.3 Å². The molecule has 3 aliphatic heterocycles. The summed E-state index contributed by atoms with van der Waals surface area (Å²) in [6.45, 7) is 2.49. The molecule has 1 spiro atoms. The van der Waals surface area contributed by atoms with Crippen LogP contribution >= 0.6 is 0 Å². The second kappa shape index (κ2) is 8.57. The third-order valence-corrected chi connectivity index (χ3v) is 7.69. The average Bonchev–Trinajstić information content (AvgIpc) is 3.44. The molecule has 3 amide bonds. The Bertz CT molecular complexity index is 1370. The van der Waals surface area contributed by atoms with Crippen molar-refractivity contribution >= 4 is 29.5 Å². The first-order valence-corrected chi connectivity index (χ1v) is 12.3. The predicted octanol–water partition coefficient (Wildman–Crippen LogP) is 3.74. The quantitative estimate of drug-likeness (QED) is 0.569. The molecule has 0 radical (unpaired) electrons. The zero-order valence-corrected chi connectivity index (χ0v) is 20.0. The topological polar surface area (TPSA) is 69.7 Å². The van der Waals surface area contributed by atoms with Gasteiger partial charge in [0.15, 0.2) is 0 Å². The summed E-state index contributed by atoms with van der Waals surface area (Å²) in [5, 5.41) is 3.44. The van der Waals surface area contributed by atoms with Crippen LogP contribution in [0.25, 0.3) is 6.08 Å². The van der Waals surface area contributed by atoms with Gasteiger partial charge >= 0.3 is 0 Å². The van der Waals surface area contributed by atoms with Crippen molar-refractivity contribution in [1.82, 2.24) is 10.2 Å². The molecule has 3 aromatic carbocycles. The Morgan fingerprint density at radius 1 is 0.833 bits per heavy atom. The second-order valence-electron chi connectivity index (χ2n) is 9.74. The molecule has 180 valence electrons. The Hall–Kier alpha value is -4.03. The van der Waals surface area contributed by atoms with E-state index in [0.717, 1.165) is 22.4 Å². The highest BCUT2D eigenvalue weighted by Crippen LogP contribution is 2.54. The van der Waals surface area contributed by atoms with Crippen molar-refractivity contribution in [2.24, 2.45) is 11.8 Å². The Kier molecular flexibility index (Phi) is 5.34. The van der Waals surface area contributed by atoms with E-state index in [9.17, 15) is 14.4 Å². The number of amides is 3. The standard InChI is InChI=1S/C30H27N3O3/c1-20-25-26(28(35)33(27(25)34)19-22-13-6-3-7-14-22)30(31-20)23-16-8-9-17-24(23)32(29(30)36)18-10-15-21-11-4-2-5-12-21/h2-17,20,25-26,31H,18-19H2,1H3/b15-10-/t20-,25-,26+,30+/m1/s1. The molecule has 0 bridgehead atoms. The summed E-state index contributed by atoms with van der Waals surface area (Å²) in [6, 6.07) is 26.7. The molecule has 6 rings (SSSR count). The van der Waals surface area contributed by atoms with Gasteiger partial charge in [0.05, 0.1) is 18.4 Å². The fourth-order valence-electron chi connectivity index (χ4n) is 6.13. The molecule has 3 heterocycles. The van der Waals surface area contributed by atoms with Crippen molar-refractivity contribution in [3.63, 3.8) is 0 Å². The smallest absolute Gasteiger partial charge is 0.253 e. The minimum atomic E-state index is -1.25. The molecule has 1 N–H and O–H groups in total. The molecule has 6 nitrogen and oxygen atoms in total. The van der Waals surface area contributed by atoms with Gasteiger partial charge in [-0.3, -0.25) is 24.6 Å². The molecule has 2 saturated heterocycles. The summed E-state index contributed by atoms with van der Waals surface area (Å²) in [5.41, 5.74) is 2.24. The fourth-order valence-corrected chi connectivity index (χ4v) is 6.13. The van der Waals surface area contributed by atoms with E-state index in [2.05, 4.69) is 5.32 Å². The number of nitrogens with one attached hydrogen (secondary N) is 1. The van der Waals surface area contributed by atoms with E-state index in [4.69, 9.17) is 0 Å². The van der Waals surface area contributed by atoms with Crippen LogP contribution in [0, 0.1) is 11.8 Å². The number of likely N-dealkylation sites (tertiary alicyclic amines) is 1. The van der Waals surface area contributed by atoms with Crippen molar-refractivity contribution in [1.29, 1.82) is 0 Å². The van der Waals surface area contributed by atoms with Crippen molar-refractivity contribution in [2.75, 3.05) is 11.4 Å². The number of fused-ring (bicyclic) bond motifs is 4. The maximum Gasteiger partial charge on any atom is 0.253 e. The van der Waals surface area contributed by atoms with Gasteiger partial charge in [-0.15, -0.1) is 0 Å². The van der Waals surface area contributed by atoms with Crippen LogP contribution in [0.4, 0.5) is 5.69 Å². The van der Waals surface area contributed by atoms with Crippen LogP contribution in [-0.2, 0) is 26.5 Å². The highest BCUT2D eigenvalue weighted by atomic mass is 16.2. The van der Waals surface area contributed by atoms with Gasteiger partial charge < -0.3 is 4.90 Å². The van der Waals surface area contributed by atoms with Crippen LogP contribution in [0.15, 0.2) is 91.0 Å². The van der Waals surface area contributed by atoms with Gasteiger partial charge in [-0.25, -0.2) is 0 Å². The number of anilines is 1. The van der Waals surface area contributed by atoms with E-state index in [1.54, 1.807) is 4.90 Å². The lowest BCUT2D eigenvalue weighted by atomic mass is 9.76. The summed E-state index contributed by atoms with van der Waals surface area (Å²) < 4.78 is 0. The SMILES string of the molecule is C[C@H]1N[C@]2(C(=O)N(C/C=C\c3ccccc3)c3ccccc32)[C@@H]2C(=O)N(Cc3ccccc3)C(=O)[C@@H]21. The lowest BCUT2D eigenvalue weighted by Gasteiger charge is -2.30. The largest absolute Gasteiger partial charge is 0.306 e. The minimum Gasteiger partial charge on any atom is -0.306 e. The van der Waals surface area contributed by atoms with Crippen molar-refractivity contribution in [3.8, 4) is 0 Å². The van der Waals surface area contributed by atoms with Crippen LogP contribution in [-0.4, -0.2) is 35.2 Å². The van der Waals surface area contributed by atoms with Crippen LogP contribution in [0.2, 0.25) is 0 Å². The maximum absolute atomic E-state index is 14.2. The lowest BCUT2D eigenvalue weighted by molar-refractivity contribution is -0.143. The van der Waals surface area contributed by atoms with Gasteiger partial charge in [0.2, 0.25) is 11.8 Å². The molecule has 6 heteroatoms. The summed E-state index contributed by atoms with van der Waals surface area (Å²) in [7, 11) is 0. The van der Waals surface area contributed by atoms with Crippen LogP contribution in [0.1, 0.15) is 23.6 Å². The molecular formula is C30H27N3O3. The zero-order chi connectivity index (χ0) is 24.9. The fraction of sp³-hybridized carbons (Fsp3) is 0.233. The molecule has 0 saturated carbocycles. The summed E-state index contributed by atoms with van der Waals surface area (Å²) in [6.07, 6.45) is 3.95. The highest BCUT2D eigenvalue weighted by Gasteiger charge is 2.70. The monoisotopic (exact) mass is 477 g/mol. The average molecular weight is 478 g/mol. The van der Waals surface area contributed by atoms with Crippen molar-refractivity contribution in [2.45, 2.75) is 25.0 Å². The highest BCUT2D eigenvalue weighted by molar-refractivity contribution is 6.16. The van der Waals surface area contributed by atoms with Gasteiger partial charge in [0.1, 0.15) is 5.54 Å². The first kappa shape index (κ1) is 22.4. The van der Waals surface area contributed by atoms with E-state index < -0.39 is 17.4 Å². The lowest BCUT2D eigenvalue weighted by Crippen LogP contribution is -2.54.